The van der Waals surface area contributed by atoms with Crippen LogP contribution in [0.25, 0.3) is 0 Å². The number of sulfonamides is 1. The molecule has 34 heavy (non-hydrogen) atoms. The Hall–Kier alpha value is -3.01. The van der Waals surface area contributed by atoms with E-state index in [1.807, 2.05) is 13.2 Å². The summed E-state index contributed by atoms with van der Waals surface area (Å²) in [5, 5.41) is 4.51. The van der Waals surface area contributed by atoms with Crippen molar-refractivity contribution in [3.63, 3.8) is 0 Å². The van der Waals surface area contributed by atoms with Crippen molar-refractivity contribution in [1.29, 1.82) is 0 Å². The van der Waals surface area contributed by atoms with Gasteiger partial charge in [-0.25, -0.2) is 13.8 Å². The van der Waals surface area contributed by atoms with E-state index in [1.165, 1.54) is 30.1 Å². The lowest BCUT2D eigenvalue weighted by Gasteiger charge is -2.24. The van der Waals surface area contributed by atoms with Crippen LogP contribution in [-0.4, -0.2) is 39.9 Å². The number of nitrogens with zero attached hydrogens (tertiary/aromatic N) is 2. The van der Waals surface area contributed by atoms with Gasteiger partial charge in [-0.3, -0.25) is 9.10 Å². The van der Waals surface area contributed by atoms with E-state index in [1.54, 1.807) is 60.7 Å². The molecule has 0 unspecified atom stereocenters. The van der Waals surface area contributed by atoms with Gasteiger partial charge in [0.05, 0.1) is 23.4 Å². The number of carbonyl (C=O) groups excluding carboxylic acids is 1. The highest BCUT2D eigenvalue weighted by Gasteiger charge is 2.27. The summed E-state index contributed by atoms with van der Waals surface area (Å²) < 4.78 is 33.4. The second-order valence-electron chi connectivity index (χ2n) is 6.96. The molecule has 7 nitrogen and oxygen atoms in total. The third kappa shape index (κ3) is 6.75. The molecule has 1 N–H and O–H groups in total. The molecule has 0 radical (unpaired) electrons. The molecule has 0 atom stereocenters. The average Bonchev–Trinajstić information content (AvgIpc) is 2.84. The van der Waals surface area contributed by atoms with Crippen LogP contribution in [-0.2, 0) is 14.8 Å². The van der Waals surface area contributed by atoms with Crippen LogP contribution in [0.1, 0.15) is 12.5 Å². The monoisotopic (exact) mass is 517 g/mol. The standard InChI is InChI=1S/C24H24ClN3O4S2/c1-3-32-21-10-8-20(9-11-21)28(34(30,31)23-14-12-22(33-2)13-15-23)17-24(29)27-26-16-18-4-6-19(25)7-5-18/h4-16H,3,17H2,1-2H3,(H,27,29)/b26-16-. The van der Waals surface area contributed by atoms with Gasteiger partial charge in [0.25, 0.3) is 15.9 Å². The molecule has 0 heterocycles. The summed E-state index contributed by atoms with van der Waals surface area (Å²) in [7, 11) is -4.03. The third-order valence-corrected chi connectivity index (χ3v) is 7.43. The average molecular weight is 518 g/mol. The molecule has 0 aromatic heterocycles. The van der Waals surface area contributed by atoms with Crippen LogP contribution in [0.2, 0.25) is 5.02 Å². The fraction of sp³-hybridized carbons (Fsp3) is 0.167. The predicted octanol–water partition coefficient (Wildman–Crippen LogP) is 4.81. The van der Waals surface area contributed by atoms with Crippen LogP contribution in [0.4, 0.5) is 5.69 Å². The smallest absolute Gasteiger partial charge is 0.264 e. The van der Waals surface area contributed by atoms with Crippen LogP contribution in [0.3, 0.4) is 0 Å². The maximum absolute atomic E-state index is 13.5. The Morgan fingerprint density at radius 2 is 1.71 bits per heavy atom. The maximum atomic E-state index is 13.5. The van der Waals surface area contributed by atoms with E-state index in [0.717, 1.165) is 14.8 Å². The van der Waals surface area contributed by atoms with Crippen molar-refractivity contribution in [2.75, 3.05) is 23.7 Å². The van der Waals surface area contributed by atoms with E-state index in [4.69, 9.17) is 16.3 Å². The van der Waals surface area contributed by atoms with Crippen LogP contribution in [0, 0.1) is 0 Å². The van der Waals surface area contributed by atoms with Gasteiger partial charge in [-0.05, 0) is 79.4 Å². The maximum Gasteiger partial charge on any atom is 0.264 e. The first kappa shape index (κ1) is 25.6. The van der Waals surface area contributed by atoms with Crippen LogP contribution in [0.5, 0.6) is 5.75 Å². The number of amides is 1. The van der Waals surface area contributed by atoms with E-state index in [9.17, 15) is 13.2 Å². The number of carbonyl (C=O) groups is 1. The lowest BCUT2D eigenvalue weighted by atomic mass is 10.2. The molecule has 3 aromatic rings. The van der Waals surface area contributed by atoms with Gasteiger partial charge in [0.2, 0.25) is 0 Å². The van der Waals surface area contributed by atoms with Gasteiger partial charge in [-0.2, -0.15) is 5.10 Å². The number of hydrogen-bond acceptors (Lipinski definition) is 6. The zero-order valence-electron chi connectivity index (χ0n) is 18.6. The quantitative estimate of drug-likeness (QED) is 0.237. The van der Waals surface area contributed by atoms with Gasteiger partial charge in [0, 0.05) is 9.92 Å². The normalized spacial score (nSPS) is 11.4. The number of ether oxygens (including phenoxy) is 1. The van der Waals surface area contributed by atoms with Gasteiger partial charge >= 0.3 is 0 Å². The fourth-order valence-electron chi connectivity index (χ4n) is 2.96. The van der Waals surface area contributed by atoms with Gasteiger partial charge in [-0.15, -0.1) is 11.8 Å². The third-order valence-electron chi connectivity index (χ3n) is 4.64. The molecule has 0 aliphatic rings. The van der Waals surface area contributed by atoms with Gasteiger partial charge < -0.3 is 4.74 Å². The number of thioether (sulfide) groups is 1. The molecule has 0 aliphatic carbocycles. The summed E-state index contributed by atoms with van der Waals surface area (Å²) >= 11 is 7.37. The second-order valence-corrected chi connectivity index (χ2v) is 10.1. The largest absolute Gasteiger partial charge is 0.494 e. The lowest BCUT2D eigenvalue weighted by molar-refractivity contribution is -0.119. The summed E-state index contributed by atoms with van der Waals surface area (Å²) in [6.45, 7) is 1.88. The molecule has 3 aromatic carbocycles. The summed E-state index contributed by atoms with van der Waals surface area (Å²) in [5.41, 5.74) is 3.44. The van der Waals surface area contributed by atoms with E-state index >= 15 is 0 Å². The summed E-state index contributed by atoms with van der Waals surface area (Å²) in [5.74, 6) is 0.00773. The molecular formula is C24H24ClN3O4S2. The van der Waals surface area contributed by atoms with Crippen molar-refractivity contribution in [3.05, 3.63) is 83.4 Å². The molecule has 0 saturated carbocycles. The summed E-state index contributed by atoms with van der Waals surface area (Å²) in [6.07, 6.45) is 3.36. The van der Waals surface area contributed by atoms with E-state index in [2.05, 4.69) is 10.5 Å². The number of hydrazone groups is 1. The van der Waals surface area contributed by atoms with Crippen molar-refractivity contribution in [2.24, 2.45) is 5.10 Å². The SMILES string of the molecule is CCOc1ccc(N(CC(=O)N/N=C\c2ccc(Cl)cc2)S(=O)(=O)c2ccc(SC)cc2)cc1. The Kier molecular flexibility index (Phi) is 8.98. The lowest BCUT2D eigenvalue weighted by Crippen LogP contribution is -2.39. The highest BCUT2D eigenvalue weighted by atomic mass is 35.5. The van der Waals surface area contributed by atoms with Gasteiger partial charge in [-0.1, -0.05) is 23.7 Å². The topological polar surface area (TPSA) is 88.1 Å². The molecule has 10 heteroatoms. The number of nitrogens with one attached hydrogen (secondary N) is 1. The molecule has 1 amide bonds. The number of anilines is 1. The van der Waals surface area contributed by atoms with Crippen LogP contribution in [0.15, 0.2) is 87.7 Å². The van der Waals surface area contributed by atoms with Crippen molar-refractivity contribution in [1.82, 2.24) is 5.43 Å². The zero-order valence-corrected chi connectivity index (χ0v) is 21.0. The van der Waals surface area contributed by atoms with Gasteiger partial charge in [0.1, 0.15) is 12.3 Å². The first-order valence-electron chi connectivity index (χ1n) is 10.3. The van der Waals surface area contributed by atoms with Crippen molar-refractivity contribution >= 4 is 51.2 Å². The number of rotatable bonds is 10. The molecule has 0 fully saturated rings. The first-order valence-corrected chi connectivity index (χ1v) is 13.3. The van der Waals surface area contributed by atoms with E-state index in [-0.39, 0.29) is 4.90 Å². The van der Waals surface area contributed by atoms with Gasteiger partial charge in [0.15, 0.2) is 0 Å². The minimum absolute atomic E-state index is 0.0802. The Balaban J connectivity index is 1.84. The molecular weight excluding hydrogens is 494 g/mol. The molecule has 0 saturated heterocycles. The number of benzene rings is 3. The number of halogens is 1. The number of hydrogen-bond donors (Lipinski definition) is 1. The summed E-state index contributed by atoms with van der Waals surface area (Å²) in [4.78, 5) is 13.7. The van der Waals surface area contributed by atoms with Crippen molar-refractivity contribution < 1.29 is 17.9 Å². The highest BCUT2D eigenvalue weighted by molar-refractivity contribution is 7.98. The Bertz CT molecular complexity index is 1230. The molecule has 0 spiro atoms. The zero-order chi connectivity index (χ0) is 24.6. The summed E-state index contributed by atoms with van der Waals surface area (Å²) in [6, 6.07) is 19.9. The molecule has 0 bridgehead atoms. The minimum atomic E-state index is -4.03. The first-order chi connectivity index (χ1) is 16.3. The minimum Gasteiger partial charge on any atom is -0.494 e. The fourth-order valence-corrected chi connectivity index (χ4v) is 4.91. The van der Waals surface area contributed by atoms with Crippen molar-refractivity contribution in [3.8, 4) is 5.75 Å². The van der Waals surface area contributed by atoms with Crippen molar-refractivity contribution in [2.45, 2.75) is 16.7 Å². The molecule has 0 aliphatic heterocycles. The molecule has 3 rings (SSSR count). The highest BCUT2D eigenvalue weighted by Crippen LogP contribution is 2.27. The Morgan fingerprint density at radius 1 is 1.06 bits per heavy atom. The predicted molar refractivity (Wildman–Crippen MR) is 138 cm³/mol. The van der Waals surface area contributed by atoms with Crippen LogP contribution >= 0.6 is 23.4 Å². The molecule has 178 valence electrons. The second kappa shape index (κ2) is 11.9. The van der Waals surface area contributed by atoms with Crippen LogP contribution < -0.4 is 14.5 Å². The van der Waals surface area contributed by atoms with E-state index in [0.29, 0.717) is 23.1 Å². The Labute approximate surface area is 208 Å². The Morgan fingerprint density at radius 3 is 2.29 bits per heavy atom. The van der Waals surface area contributed by atoms with E-state index < -0.39 is 22.5 Å².